The lowest BCUT2D eigenvalue weighted by atomic mass is 9.93. The number of hydrogen-bond donors (Lipinski definition) is 1. The van der Waals surface area contributed by atoms with Crippen molar-refractivity contribution in [1.29, 1.82) is 0 Å². The number of nitrogens with zero attached hydrogens (tertiary/aromatic N) is 3. The third-order valence-corrected chi connectivity index (χ3v) is 6.21. The molecule has 1 unspecified atom stereocenters. The minimum absolute atomic E-state index is 0.0274. The third-order valence-electron chi connectivity index (χ3n) is 6.21. The first kappa shape index (κ1) is 24.0. The predicted octanol–water partition coefficient (Wildman–Crippen LogP) is 4.91. The fourth-order valence-corrected chi connectivity index (χ4v) is 4.35. The van der Waals surface area contributed by atoms with E-state index in [1.165, 1.54) is 4.90 Å². The molecule has 4 rings (SSSR count). The summed E-state index contributed by atoms with van der Waals surface area (Å²) in [5.74, 6) is -0.842. The number of methoxy groups -OCH3 is 1. The summed E-state index contributed by atoms with van der Waals surface area (Å²) in [6.45, 7) is 4.04. The van der Waals surface area contributed by atoms with Crippen molar-refractivity contribution in [3.63, 3.8) is 0 Å². The zero-order chi connectivity index (χ0) is 25.3. The number of amides is 1. The van der Waals surface area contributed by atoms with Crippen LogP contribution in [0.4, 0.5) is 11.4 Å². The van der Waals surface area contributed by atoms with Crippen LogP contribution < -0.4 is 14.5 Å². The molecule has 1 aliphatic rings. The lowest BCUT2D eigenvalue weighted by Crippen LogP contribution is -2.29. The number of aliphatic hydroxyl groups is 1. The van der Waals surface area contributed by atoms with Crippen LogP contribution in [0.5, 0.6) is 5.75 Å². The van der Waals surface area contributed by atoms with Crippen molar-refractivity contribution in [3.05, 3.63) is 89.3 Å². The maximum absolute atomic E-state index is 13.3. The van der Waals surface area contributed by atoms with Crippen molar-refractivity contribution >= 4 is 28.8 Å². The number of benzene rings is 2. The summed E-state index contributed by atoms with van der Waals surface area (Å²) >= 11 is 0. The lowest BCUT2D eigenvalue weighted by molar-refractivity contribution is -0.132. The SMILES string of the molecule is COc1ccc(/C(O)=C2/C(=O)C(=O)N(c3ccc(N(C)C)cc3)C2c2cccnc2)cc1C(C)C. The van der Waals surface area contributed by atoms with Crippen LogP contribution in [0.3, 0.4) is 0 Å². The summed E-state index contributed by atoms with van der Waals surface area (Å²) in [5.41, 5.74) is 3.51. The zero-order valence-electron chi connectivity index (χ0n) is 20.5. The Balaban J connectivity index is 1.90. The molecule has 1 fully saturated rings. The molecule has 3 aromatic rings. The first-order valence-corrected chi connectivity index (χ1v) is 11.4. The van der Waals surface area contributed by atoms with Crippen molar-refractivity contribution in [2.24, 2.45) is 0 Å². The Morgan fingerprint density at radius 1 is 1.09 bits per heavy atom. The van der Waals surface area contributed by atoms with Crippen LogP contribution in [0, 0.1) is 0 Å². The molecule has 180 valence electrons. The van der Waals surface area contributed by atoms with E-state index in [-0.39, 0.29) is 17.3 Å². The maximum atomic E-state index is 13.3. The number of carbonyl (C=O) groups excluding carboxylic acids is 2. The standard InChI is InChI=1S/C28H29N3O4/c1-17(2)22-15-18(8-13-23(22)35-5)26(32)24-25(19-7-6-14-29-16-19)31(28(34)27(24)33)21-11-9-20(10-12-21)30(3)4/h6-17,25,32H,1-5H3/b26-24-. The van der Waals surface area contributed by atoms with E-state index in [4.69, 9.17) is 4.74 Å². The number of anilines is 2. The van der Waals surface area contributed by atoms with Crippen molar-refractivity contribution in [1.82, 2.24) is 4.98 Å². The van der Waals surface area contributed by atoms with Crippen LogP contribution in [0.1, 0.15) is 42.5 Å². The quantitative estimate of drug-likeness (QED) is 0.313. The summed E-state index contributed by atoms with van der Waals surface area (Å²) in [6, 6.07) is 15.3. The smallest absolute Gasteiger partial charge is 0.300 e. The van der Waals surface area contributed by atoms with Gasteiger partial charge in [-0.1, -0.05) is 19.9 Å². The number of ether oxygens (including phenoxy) is 1. The number of aromatic nitrogens is 1. The molecule has 1 aliphatic heterocycles. The number of pyridine rings is 1. The number of aliphatic hydroxyl groups excluding tert-OH is 1. The average Bonchev–Trinajstić information content (AvgIpc) is 3.14. The summed E-state index contributed by atoms with van der Waals surface area (Å²) in [5, 5.41) is 11.4. The van der Waals surface area contributed by atoms with Gasteiger partial charge in [-0.05, 0) is 65.6 Å². The van der Waals surface area contributed by atoms with Crippen LogP contribution >= 0.6 is 0 Å². The molecule has 0 radical (unpaired) electrons. The Hall–Kier alpha value is -4.13. The first-order valence-electron chi connectivity index (χ1n) is 11.4. The van der Waals surface area contributed by atoms with E-state index < -0.39 is 17.7 Å². The Kier molecular flexibility index (Phi) is 6.60. The molecule has 0 spiro atoms. The van der Waals surface area contributed by atoms with E-state index >= 15 is 0 Å². The molecule has 0 aliphatic carbocycles. The van der Waals surface area contributed by atoms with Gasteiger partial charge in [0.15, 0.2) is 0 Å². The van der Waals surface area contributed by atoms with Crippen molar-refractivity contribution in [3.8, 4) is 5.75 Å². The Morgan fingerprint density at radius 2 is 1.80 bits per heavy atom. The van der Waals surface area contributed by atoms with E-state index in [0.717, 1.165) is 11.3 Å². The van der Waals surface area contributed by atoms with Gasteiger partial charge in [-0.2, -0.15) is 0 Å². The van der Waals surface area contributed by atoms with Crippen molar-refractivity contribution in [2.45, 2.75) is 25.8 Å². The van der Waals surface area contributed by atoms with Gasteiger partial charge in [0.05, 0.1) is 18.7 Å². The number of rotatable bonds is 6. The number of hydrogen-bond acceptors (Lipinski definition) is 6. The van der Waals surface area contributed by atoms with Crippen LogP contribution in [-0.2, 0) is 9.59 Å². The van der Waals surface area contributed by atoms with Crippen molar-refractivity contribution < 1.29 is 19.4 Å². The molecule has 0 saturated carbocycles. The van der Waals surface area contributed by atoms with Crippen LogP contribution in [0.2, 0.25) is 0 Å². The van der Waals surface area contributed by atoms with Gasteiger partial charge in [-0.3, -0.25) is 19.5 Å². The maximum Gasteiger partial charge on any atom is 0.300 e. The molecular formula is C28H29N3O4. The van der Waals surface area contributed by atoms with Crippen molar-refractivity contribution in [2.75, 3.05) is 31.0 Å². The first-order chi connectivity index (χ1) is 16.7. The molecule has 1 atom stereocenters. The van der Waals surface area contributed by atoms with Gasteiger partial charge in [0, 0.05) is 43.4 Å². The summed E-state index contributed by atoms with van der Waals surface area (Å²) in [6.07, 6.45) is 3.23. The largest absolute Gasteiger partial charge is 0.507 e. The molecule has 1 saturated heterocycles. The predicted molar refractivity (Wildman–Crippen MR) is 137 cm³/mol. The minimum Gasteiger partial charge on any atom is -0.507 e. The van der Waals surface area contributed by atoms with E-state index in [1.54, 1.807) is 62.0 Å². The lowest BCUT2D eigenvalue weighted by Gasteiger charge is -2.26. The number of Topliss-reactive ketones (excluding diaryl/α,β-unsaturated/α-hetero) is 1. The molecular weight excluding hydrogens is 442 g/mol. The molecule has 1 amide bonds. The molecule has 2 aromatic carbocycles. The van der Waals surface area contributed by atoms with Gasteiger partial charge < -0.3 is 14.7 Å². The van der Waals surface area contributed by atoms with Gasteiger partial charge in [-0.15, -0.1) is 0 Å². The monoisotopic (exact) mass is 471 g/mol. The minimum atomic E-state index is -0.821. The Labute approximate surface area is 205 Å². The fourth-order valence-electron chi connectivity index (χ4n) is 4.35. The van der Waals surface area contributed by atoms with Gasteiger partial charge in [0.2, 0.25) is 0 Å². The molecule has 1 aromatic heterocycles. The van der Waals surface area contributed by atoms with E-state index in [0.29, 0.717) is 22.6 Å². The second kappa shape index (κ2) is 9.62. The molecule has 7 nitrogen and oxygen atoms in total. The summed E-state index contributed by atoms with van der Waals surface area (Å²) in [7, 11) is 5.45. The van der Waals surface area contributed by atoms with Gasteiger partial charge in [0.1, 0.15) is 11.5 Å². The van der Waals surface area contributed by atoms with Crippen LogP contribution in [-0.4, -0.2) is 43.0 Å². The van der Waals surface area contributed by atoms with Gasteiger partial charge >= 0.3 is 0 Å². The highest BCUT2D eigenvalue weighted by Gasteiger charge is 2.47. The molecule has 2 heterocycles. The zero-order valence-corrected chi connectivity index (χ0v) is 20.5. The summed E-state index contributed by atoms with van der Waals surface area (Å²) < 4.78 is 5.46. The summed E-state index contributed by atoms with van der Waals surface area (Å²) in [4.78, 5) is 34.2. The molecule has 7 heteroatoms. The van der Waals surface area contributed by atoms with Gasteiger partial charge in [0.25, 0.3) is 11.7 Å². The molecule has 0 bridgehead atoms. The highest BCUT2D eigenvalue weighted by molar-refractivity contribution is 6.51. The highest BCUT2D eigenvalue weighted by atomic mass is 16.5. The number of carbonyl (C=O) groups is 2. The van der Waals surface area contributed by atoms with E-state index in [1.807, 2.05) is 45.0 Å². The van der Waals surface area contributed by atoms with Crippen LogP contribution in [0.25, 0.3) is 5.76 Å². The Morgan fingerprint density at radius 3 is 2.37 bits per heavy atom. The van der Waals surface area contributed by atoms with E-state index in [2.05, 4.69) is 4.98 Å². The highest BCUT2D eigenvalue weighted by Crippen LogP contribution is 2.42. The molecule has 35 heavy (non-hydrogen) atoms. The van der Waals surface area contributed by atoms with Gasteiger partial charge in [-0.25, -0.2) is 0 Å². The number of ketones is 1. The molecule has 1 N–H and O–H groups in total. The van der Waals surface area contributed by atoms with Crippen LogP contribution in [0.15, 0.2) is 72.6 Å². The average molecular weight is 472 g/mol. The topological polar surface area (TPSA) is 83.0 Å². The fraction of sp³-hybridized carbons (Fsp3) is 0.250. The van der Waals surface area contributed by atoms with E-state index in [9.17, 15) is 14.7 Å². The second-order valence-corrected chi connectivity index (χ2v) is 8.98. The third kappa shape index (κ3) is 4.37. The normalized spacial score (nSPS) is 17.2. The second-order valence-electron chi connectivity index (χ2n) is 8.98. The Bertz CT molecular complexity index is 1280.